The van der Waals surface area contributed by atoms with Crippen LogP contribution in [0.5, 0.6) is 5.75 Å². The molecule has 2 bridgehead atoms. The maximum atomic E-state index is 14.8. The van der Waals surface area contributed by atoms with Gasteiger partial charge in [-0.15, -0.1) is 0 Å². The molecular weight excluding hydrogens is 885 g/mol. The molecule has 4 heterocycles. The number of benzene rings is 1. The van der Waals surface area contributed by atoms with E-state index in [4.69, 9.17) is 28.4 Å². The van der Waals surface area contributed by atoms with Crippen LogP contribution in [-0.2, 0) is 33.2 Å². The fraction of sp³-hybridized carbons (Fsp3) is 0.467. The number of alkyl carbamates (subject to hydrolysis) is 1. The number of nitrogens with zero attached hydrogens (tertiary/aromatic N) is 1. The molecule has 4 aliphatic rings. The molecule has 2 aromatic heterocycles. The average molecular weight is 935 g/mol. The number of hydrogen-bond donors (Lipinski definition) is 6. The number of methoxy groups -OCH3 is 2. The van der Waals surface area contributed by atoms with Gasteiger partial charge in [-0.2, -0.15) is 0 Å². The lowest BCUT2D eigenvalue weighted by molar-refractivity contribution is -0.327. The summed E-state index contributed by atoms with van der Waals surface area (Å²) < 4.78 is 36.9. The normalized spacial score (nSPS) is 30.4. The molecule has 1 amide bonds. The van der Waals surface area contributed by atoms with E-state index in [0.717, 1.165) is 7.11 Å². The standard InChI is InChI=1S/C45H50N4O12S3/c1-23(2)47-30-22-58-34(20-33(30)56-4)61-42-41(53)35(40(52)39-37-26(14-17-46-39)27-19-25(50)12-13-29(27)48-37)24(3)59-43(42)60-32-11-9-7-8-10-16-45(55)21-31(51)38(49-44(54)57-5)36(32)28(45)15-18-63-64-62-6/h7-8,12-15,17,19,23-24,30,32-35,41-43,47-48,50,53,55H,18,20-22H2,1-6H3,(H,49,54)/b8-7-,28-15?/t24-,30+,32+,33+,34+,35+,41+,42-,43+,45+/m1/s1. The molecule has 3 aromatic rings. The van der Waals surface area contributed by atoms with Crippen molar-refractivity contribution in [3.8, 4) is 29.4 Å². The molecule has 10 atom stereocenters. The van der Waals surface area contributed by atoms with Gasteiger partial charge in [0.05, 0.1) is 61.6 Å². The molecule has 0 unspecified atom stereocenters. The highest BCUT2D eigenvalue weighted by atomic mass is 33.5. The number of phenols is 1. The number of aromatic amines is 1. The summed E-state index contributed by atoms with van der Waals surface area (Å²) in [6, 6.07) is 6.49. The predicted octanol–water partition coefficient (Wildman–Crippen LogP) is 4.70. The molecule has 1 aromatic carbocycles. The van der Waals surface area contributed by atoms with Gasteiger partial charge in [0, 0.05) is 59.0 Å². The third-order valence-electron chi connectivity index (χ3n) is 11.2. The fourth-order valence-corrected chi connectivity index (χ4v) is 10.8. The number of allylic oxidation sites excluding steroid dienone is 3. The fourth-order valence-electron chi connectivity index (χ4n) is 8.40. The number of aromatic nitrogens is 2. The minimum absolute atomic E-state index is 0.00427. The molecule has 2 aliphatic carbocycles. The Bertz CT molecular complexity index is 2490. The van der Waals surface area contributed by atoms with Crippen LogP contribution in [0.4, 0.5) is 4.79 Å². The van der Waals surface area contributed by atoms with Crippen LogP contribution in [0.25, 0.3) is 21.8 Å². The van der Waals surface area contributed by atoms with Gasteiger partial charge in [-0.1, -0.05) is 65.2 Å². The lowest BCUT2D eigenvalue weighted by Gasteiger charge is -2.46. The van der Waals surface area contributed by atoms with Gasteiger partial charge in [-0.25, -0.2) is 4.79 Å². The molecule has 0 radical (unpaired) electrons. The van der Waals surface area contributed by atoms with Crippen LogP contribution in [0.3, 0.4) is 0 Å². The number of rotatable bonds is 14. The average Bonchev–Trinajstić information content (AvgIpc) is 3.63. The van der Waals surface area contributed by atoms with Crippen LogP contribution in [-0.4, -0.2) is 137 Å². The molecule has 16 nitrogen and oxygen atoms in total. The van der Waals surface area contributed by atoms with Gasteiger partial charge in [0.1, 0.15) is 23.7 Å². The van der Waals surface area contributed by atoms with Crippen LogP contribution in [0.15, 0.2) is 65.5 Å². The Morgan fingerprint density at radius 1 is 1.16 bits per heavy atom. The Kier molecular flexibility index (Phi) is 15.5. The van der Waals surface area contributed by atoms with E-state index in [0.29, 0.717) is 27.6 Å². The van der Waals surface area contributed by atoms with Gasteiger partial charge >= 0.3 is 6.09 Å². The SMILES string of the molecule is COC(=O)NC1=C2C(=CCSSSC)[C@](O)(C#C/C=C\C#C[C@@H]2O[C@@H]2O[C@H](C)[C@@H](C(=O)c3nccc4c3[nH]c3ccc(O)cc34)[C@H](O)[C@H]2O[C@H]2C[C@H](OC)[C@@H](NC(C)C)CO2)CC1=O. The number of pyridine rings is 1. The molecule has 0 spiro atoms. The molecule has 64 heavy (non-hydrogen) atoms. The number of nitrogens with one attached hydrogen (secondary N) is 3. The first-order valence-corrected chi connectivity index (χ1v) is 24.6. The number of aliphatic hydroxyl groups excluding tert-OH is 1. The number of H-pyrrole nitrogens is 1. The molecule has 2 saturated heterocycles. The van der Waals surface area contributed by atoms with Crippen molar-refractivity contribution >= 4 is 70.9 Å². The van der Waals surface area contributed by atoms with E-state index in [1.54, 1.807) is 38.3 Å². The second-order valence-electron chi connectivity index (χ2n) is 15.7. The summed E-state index contributed by atoms with van der Waals surface area (Å²) >= 11 is 0. The van der Waals surface area contributed by atoms with E-state index in [1.165, 1.54) is 55.8 Å². The predicted molar refractivity (Wildman–Crippen MR) is 244 cm³/mol. The lowest BCUT2D eigenvalue weighted by Crippen LogP contribution is -2.60. The summed E-state index contributed by atoms with van der Waals surface area (Å²) in [5.41, 5.74) is -1.01. The maximum absolute atomic E-state index is 14.8. The van der Waals surface area contributed by atoms with E-state index in [1.807, 2.05) is 20.1 Å². The number of hydrogen-bond acceptors (Lipinski definition) is 17. The zero-order valence-corrected chi connectivity index (χ0v) is 38.4. The highest BCUT2D eigenvalue weighted by molar-refractivity contribution is 9.09. The zero-order valence-electron chi connectivity index (χ0n) is 35.9. The summed E-state index contributed by atoms with van der Waals surface area (Å²) in [7, 11) is 7.24. The van der Waals surface area contributed by atoms with Crippen LogP contribution in [0.1, 0.15) is 44.1 Å². The number of phenolic OH excluding ortho intramolecular Hbond substituents is 1. The first-order valence-electron chi connectivity index (χ1n) is 20.5. The number of amides is 1. The molecule has 6 N–H and O–H groups in total. The molecule has 0 saturated carbocycles. The third kappa shape index (κ3) is 10.2. The lowest BCUT2D eigenvalue weighted by atomic mass is 9.75. The van der Waals surface area contributed by atoms with E-state index >= 15 is 0 Å². The van der Waals surface area contributed by atoms with Gasteiger partial charge in [-0.3, -0.25) is 19.9 Å². The highest BCUT2D eigenvalue weighted by Gasteiger charge is 2.52. The second kappa shape index (κ2) is 20.9. The minimum Gasteiger partial charge on any atom is -0.508 e. The largest absolute Gasteiger partial charge is 0.508 e. The van der Waals surface area contributed by atoms with Crippen molar-refractivity contribution in [2.24, 2.45) is 5.92 Å². The molecular formula is C45H50N4O12S3. The van der Waals surface area contributed by atoms with Crippen molar-refractivity contribution in [2.75, 3.05) is 32.8 Å². The van der Waals surface area contributed by atoms with Crippen LogP contribution in [0, 0.1) is 29.6 Å². The van der Waals surface area contributed by atoms with Gasteiger partial charge in [0.15, 0.2) is 29.7 Å². The number of fused-ring (bicyclic) bond motifs is 5. The molecule has 7 rings (SSSR count). The van der Waals surface area contributed by atoms with Crippen molar-refractivity contribution in [1.29, 1.82) is 0 Å². The van der Waals surface area contributed by atoms with Crippen molar-refractivity contribution in [3.05, 3.63) is 71.2 Å². The molecule has 19 heteroatoms. The Morgan fingerprint density at radius 3 is 2.70 bits per heavy atom. The number of Topliss-reactive ketones (excluding diaryl/α,β-unsaturated/α-hetero) is 2. The van der Waals surface area contributed by atoms with Crippen LogP contribution >= 0.6 is 31.4 Å². The number of carbonyl (C=O) groups is 3. The van der Waals surface area contributed by atoms with Crippen molar-refractivity contribution in [1.82, 2.24) is 20.6 Å². The Balaban J connectivity index is 1.31. The number of ether oxygens (including phenoxy) is 6. The van der Waals surface area contributed by atoms with E-state index in [2.05, 4.69) is 44.3 Å². The topological polar surface area (TPSA) is 220 Å². The van der Waals surface area contributed by atoms with E-state index in [9.17, 15) is 29.7 Å². The maximum Gasteiger partial charge on any atom is 0.411 e. The molecule has 2 aliphatic heterocycles. The molecule has 2 fully saturated rings. The van der Waals surface area contributed by atoms with E-state index < -0.39 is 72.6 Å². The summed E-state index contributed by atoms with van der Waals surface area (Å²) in [5, 5.41) is 42.2. The number of carbonyl (C=O) groups excluding carboxylic acids is 3. The van der Waals surface area contributed by atoms with Crippen molar-refractivity contribution in [3.63, 3.8) is 0 Å². The third-order valence-corrected chi connectivity index (χ3v) is 15.0. The van der Waals surface area contributed by atoms with Gasteiger partial charge < -0.3 is 54.0 Å². The number of aromatic hydroxyl groups is 1. The van der Waals surface area contributed by atoms with Gasteiger partial charge in [-0.05, 0) is 59.4 Å². The Hall–Kier alpha value is -4.35. The second-order valence-corrected chi connectivity index (χ2v) is 20.1. The van der Waals surface area contributed by atoms with Crippen molar-refractivity contribution in [2.45, 2.75) is 94.4 Å². The summed E-state index contributed by atoms with van der Waals surface area (Å²) in [6.07, 6.45) is -1.67. The number of ketones is 2. The van der Waals surface area contributed by atoms with Gasteiger partial charge in [0.2, 0.25) is 0 Å². The Morgan fingerprint density at radius 2 is 1.95 bits per heavy atom. The first kappa shape index (κ1) is 47.6. The summed E-state index contributed by atoms with van der Waals surface area (Å²) in [4.78, 5) is 49.3. The highest BCUT2D eigenvalue weighted by Crippen LogP contribution is 2.42. The van der Waals surface area contributed by atoms with E-state index in [-0.39, 0.29) is 59.5 Å². The van der Waals surface area contributed by atoms with Gasteiger partial charge in [0.25, 0.3) is 0 Å². The summed E-state index contributed by atoms with van der Waals surface area (Å²) in [5.74, 6) is 9.37. The van der Waals surface area contributed by atoms with Crippen LogP contribution in [0.2, 0.25) is 0 Å². The summed E-state index contributed by atoms with van der Waals surface area (Å²) in [6.45, 7) is 5.82. The molecule has 340 valence electrons. The minimum atomic E-state index is -2.03. The van der Waals surface area contributed by atoms with Crippen LogP contribution < -0.4 is 10.6 Å². The smallest absolute Gasteiger partial charge is 0.411 e. The quantitative estimate of drug-likeness (QED) is 0.0559. The van der Waals surface area contributed by atoms with Crippen molar-refractivity contribution < 1.29 is 58.1 Å². The Labute approximate surface area is 381 Å². The first-order chi connectivity index (χ1) is 30.8. The monoisotopic (exact) mass is 934 g/mol. The zero-order chi connectivity index (χ0) is 45.7. The number of aliphatic hydroxyl groups is 2.